The number of benzene rings is 1. The molecule has 0 fully saturated rings. The molecule has 1 aromatic carbocycles. The van der Waals surface area contributed by atoms with E-state index in [1.54, 1.807) is 19.1 Å². The molecule has 0 radical (unpaired) electrons. The summed E-state index contributed by atoms with van der Waals surface area (Å²) in [5, 5.41) is 6.13. The van der Waals surface area contributed by atoms with Crippen LogP contribution in [-0.4, -0.2) is 41.8 Å². The minimum Gasteiger partial charge on any atom is -0.493 e. The number of fused-ring (bicyclic) bond motifs is 1. The largest absolute Gasteiger partial charge is 0.493 e. The second-order valence-corrected chi connectivity index (χ2v) is 5.64. The van der Waals surface area contributed by atoms with Crippen LogP contribution in [0, 0.1) is 0 Å². The number of methoxy groups -OCH3 is 2. The molecule has 1 aromatic heterocycles. The lowest BCUT2D eigenvalue weighted by atomic mass is 9.92. The number of hydrogen-bond acceptors (Lipinski definition) is 5. The Bertz CT molecular complexity index is 811. The van der Waals surface area contributed by atoms with Gasteiger partial charge >= 0.3 is 0 Å². The smallest absolute Gasteiger partial charge is 0.274 e. The van der Waals surface area contributed by atoms with E-state index < -0.39 is 0 Å². The van der Waals surface area contributed by atoms with Gasteiger partial charge in [-0.3, -0.25) is 9.59 Å². The lowest BCUT2D eigenvalue weighted by Crippen LogP contribution is -2.39. The number of ether oxygens (including phenoxy) is 2. The highest BCUT2D eigenvalue weighted by atomic mass is 16.5. The fourth-order valence-electron chi connectivity index (χ4n) is 3.03. The minimum absolute atomic E-state index is 0.130. The van der Waals surface area contributed by atoms with Crippen LogP contribution in [0.1, 0.15) is 34.6 Å². The van der Waals surface area contributed by atoms with Gasteiger partial charge in [-0.15, -0.1) is 0 Å². The van der Waals surface area contributed by atoms with Gasteiger partial charge in [0.15, 0.2) is 11.5 Å². The standard InChI is InChI=1S/C17H19N3O4/c1-10-12-9-15(24-3)14(23-2)8-11(12)6-7-20(10)17(22)13-4-5-16(21)19-18-13/h4-5,8-10H,6-7H2,1-3H3,(H,19,21)/t10-/m1/s1. The van der Waals surface area contributed by atoms with Crippen LogP contribution < -0.4 is 15.0 Å². The van der Waals surface area contributed by atoms with Crippen LogP contribution in [0.25, 0.3) is 0 Å². The zero-order valence-electron chi connectivity index (χ0n) is 13.8. The number of nitrogens with zero attached hydrogens (tertiary/aromatic N) is 2. The summed E-state index contributed by atoms with van der Waals surface area (Å²) in [6.45, 7) is 2.54. The van der Waals surface area contributed by atoms with E-state index in [1.807, 2.05) is 19.1 Å². The van der Waals surface area contributed by atoms with Crippen molar-refractivity contribution < 1.29 is 14.3 Å². The number of hydrogen-bond donors (Lipinski definition) is 1. The molecule has 0 spiro atoms. The molecule has 2 aromatic rings. The molecular formula is C17H19N3O4. The molecule has 2 heterocycles. The van der Waals surface area contributed by atoms with Crippen LogP contribution in [0.2, 0.25) is 0 Å². The summed E-state index contributed by atoms with van der Waals surface area (Å²) in [5.41, 5.74) is 2.06. The third-order valence-corrected chi connectivity index (χ3v) is 4.34. The number of rotatable bonds is 3. The molecule has 126 valence electrons. The summed E-state index contributed by atoms with van der Waals surface area (Å²) < 4.78 is 10.7. The Kier molecular flexibility index (Phi) is 4.24. The van der Waals surface area contributed by atoms with Crippen molar-refractivity contribution >= 4 is 5.91 Å². The van der Waals surface area contributed by atoms with E-state index in [9.17, 15) is 9.59 Å². The predicted octanol–water partition coefficient (Wildman–Crippen LogP) is 1.55. The van der Waals surface area contributed by atoms with E-state index in [0.29, 0.717) is 18.0 Å². The van der Waals surface area contributed by atoms with Gasteiger partial charge in [-0.2, -0.15) is 5.10 Å². The first kappa shape index (κ1) is 16.0. The Balaban J connectivity index is 1.94. The fourth-order valence-corrected chi connectivity index (χ4v) is 3.03. The average Bonchev–Trinajstić information content (AvgIpc) is 2.61. The number of nitrogens with one attached hydrogen (secondary N) is 1. The van der Waals surface area contributed by atoms with Gasteiger partial charge in [0.2, 0.25) is 0 Å². The lowest BCUT2D eigenvalue weighted by Gasteiger charge is -2.35. The molecule has 0 aliphatic carbocycles. The van der Waals surface area contributed by atoms with Crippen molar-refractivity contribution in [2.75, 3.05) is 20.8 Å². The minimum atomic E-state index is -0.333. The first-order valence-corrected chi connectivity index (χ1v) is 7.66. The fraction of sp³-hybridized carbons (Fsp3) is 0.353. The van der Waals surface area contributed by atoms with E-state index in [-0.39, 0.29) is 23.2 Å². The Morgan fingerprint density at radius 2 is 1.96 bits per heavy atom. The maximum atomic E-state index is 12.7. The number of H-pyrrole nitrogens is 1. The highest BCUT2D eigenvalue weighted by Gasteiger charge is 2.30. The van der Waals surface area contributed by atoms with Crippen LogP contribution in [0.5, 0.6) is 11.5 Å². The lowest BCUT2D eigenvalue weighted by molar-refractivity contribution is 0.0670. The monoisotopic (exact) mass is 329 g/mol. The Morgan fingerprint density at radius 1 is 1.25 bits per heavy atom. The highest BCUT2D eigenvalue weighted by molar-refractivity contribution is 5.92. The molecule has 1 aliphatic heterocycles. The molecule has 7 heteroatoms. The zero-order chi connectivity index (χ0) is 17.3. The normalized spacial score (nSPS) is 16.5. The summed E-state index contributed by atoms with van der Waals surface area (Å²) in [7, 11) is 3.19. The van der Waals surface area contributed by atoms with Crippen molar-refractivity contribution in [1.82, 2.24) is 15.1 Å². The summed E-state index contributed by atoms with van der Waals surface area (Å²) in [6, 6.07) is 6.49. The van der Waals surface area contributed by atoms with Crippen molar-refractivity contribution in [3.05, 3.63) is 51.4 Å². The number of carbonyl (C=O) groups is 1. The van der Waals surface area contributed by atoms with Crippen LogP contribution in [0.4, 0.5) is 0 Å². The Morgan fingerprint density at radius 3 is 2.58 bits per heavy atom. The SMILES string of the molecule is COc1cc2c(cc1OC)[C@@H](C)N(C(=O)c1ccc(=O)[nH]n1)CC2. The van der Waals surface area contributed by atoms with Crippen molar-refractivity contribution in [2.24, 2.45) is 0 Å². The zero-order valence-corrected chi connectivity index (χ0v) is 13.8. The van der Waals surface area contributed by atoms with Gasteiger partial charge in [0.1, 0.15) is 5.69 Å². The number of aromatic amines is 1. The quantitative estimate of drug-likeness (QED) is 0.923. The molecule has 1 amide bonds. The summed E-state index contributed by atoms with van der Waals surface area (Å²) >= 11 is 0. The predicted molar refractivity (Wildman–Crippen MR) is 87.6 cm³/mol. The number of aromatic nitrogens is 2. The molecule has 0 bridgehead atoms. The van der Waals surface area contributed by atoms with Crippen molar-refractivity contribution in [3.8, 4) is 11.5 Å². The van der Waals surface area contributed by atoms with E-state index >= 15 is 0 Å². The molecule has 3 rings (SSSR count). The van der Waals surface area contributed by atoms with Crippen molar-refractivity contribution in [1.29, 1.82) is 0 Å². The Labute approximate surface area is 139 Å². The first-order valence-electron chi connectivity index (χ1n) is 7.66. The number of carbonyl (C=O) groups excluding carboxylic acids is 1. The summed E-state index contributed by atoms with van der Waals surface area (Å²) in [5.74, 6) is 1.12. The van der Waals surface area contributed by atoms with Gasteiger partial charge in [0, 0.05) is 12.6 Å². The molecule has 0 saturated heterocycles. The van der Waals surface area contributed by atoms with E-state index in [4.69, 9.17) is 9.47 Å². The molecule has 1 atom stereocenters. The van der Waals surface area contributed by atoms with Crippen LogP contribution >= 0.6 is 0 Å². The molecule has 1 N–H and O–H groups in total. The highest BCUT2D eigenvalue weighted by Crippen LogP contribution is 2.38. The molecule has 7 nitrogen and oxygen atoms in total. The van der Waals surface area contributed by atoms with Crippen LogP contribution in [0.3, 0.4) is 0 Å². The van der Waals surface area contributed by atoms with E-state index in [2.05, 4.69) is 10.2 Å². The van der Waals surface area contributed by atoms with Crippen molar-refractivity contribution in [2.45, 2.75) is 19.4 Å². The van der Waals surface area contributed by atoms with Gasteiger partial charge in [-0.1, -0.05) is 0 Å². The van der Waals surface area contributed by atoms with Gasteiger partial charge < -0.3 is 14.4 Å². The van der Waals surface area contributed by atoms with Crippen LogP contribution in [-0.2, 0) is 6.42 Å². The summed E-state index contributed by atoms with van der Waals surface area (Å²) in [6.07, 6.45) is 0.717. The first-order chi connectivity index (χ1) is 11.5. The third kappa shape index (κ3) is 2.73. The van der Waals surface area contributed by atoms with Gasteiger partial charge in [-0.05, 0) is 42.7 Å². The van der Waals surface area contributed by atoms with Gasteiger partial charge in [-0.25, -0.2) is 5.10 Å². The third-order valence-electron chi connectivity index (χ3n) is 4.34. The van der Waals surface area contributed by atoms with Crippen molar-refractivity contribution in [3.63, 3.8) is 0 Å². The molecule has 0 unspecified atom stereocenters. The van der Waals surface area contributed by atoms with E-state index in [0.717, 1.165) is 17.5 Å². The topological polar surface area (TPSA) is 84.5 Å². The maximum Gasteiger partial charge on any atom is 0.274 e. The van der Waals surface area contributed by atoms with Crippen LogP contribution in [0.15, 0.2) is 29.1 Å². The van der Waals surface area contributed by atoms with Gasteiger partial charge in [0.25, 0.3) is 11.5 Å². The maximum absolute atomic E-state index is 12.7. The van der Waals surface area contributed by atoms with Gasteiger partial charge in [0.05, 0.1) is 20.3 Å². The molecule has 1 aliphatic rings. The van der Waals surface area contributed by atoms with E-state index in [1.165, 1.54) is 12.1 Å². The molecule has 0 saturated carbocycles. The summed E-state index contributed by atoms with van der Waals surface area (Å²) in [4.78, 5) is 25.5. The number of amides is 1. The second kappa shape index (κ2) is 6.35. The Hall–Kier alpha value is -2.83. The second-order valence-electron chi connectivity index (χ2n) is 5.64. The molecule has 24 heavy (non-hydrogen) atoms. The molecular weight excluding hydrogens is 310 g/mol. The average molecular weight is 329 g/mol.